The highest BCUT2D eigenvalue weighted by atomic mass is 32.2. The summed E-state index contributed by atoms with van der Waals surface area (Å²) in [5, 5.41) is 11.7. The monoisotopic (exact) mass is 297 g/mol. The number of methoxy groups -OCH3 is 1. The van der Waals surface area contributed by atoms with E-state index in [1.807, 2.05) is 30.5 Å². The Balaban J connectivity index is 2.76. The number of hydrogen-bond acceptors (Lipinski definition) is 4. The first-order valence-electron chi connectivity index (χ1n) is 6.21. The zero-order valence-electron chi connectivity index (χ0n) is 11.6. The van der Waals surface area contributed by atoms with Gasteiger partial charge in [-0.05, 0) is 24.0 Å². The van der Waals surface area contributed by atoms with Crippen LogP contribution in [0.2, 0.25) is 0 Å². The minimum absolute atomic E-state index is 0.142. The van der Waals surface area contributed by atoms with Gasteiger partial charge in [0.1, 0.15) is 0 Å². The van der Waals surface area contributed by atoms with E-state index in [4.69, 9.17) is 9.84 Å². The predicted octanol–water partition coefficient (Wildman–Crippen LogP) is 2.08. The number of carbonyl (C=O) groups excluding carboxylic acids is 1. The highest BCUT2D eigenvalue weighted by Gasteiger charge is 2.17. The SMILES string of the molecule is COCCC(=O)NC(CC(=O)O)c1ccc(SC)cc1. The molecule has 110 valence electrons. The van der Waals surface area contributed by atoms with E-state index in [0.29, 0.717) is 6.61 Å². The summed E-state index contributed by atoms with van der Waals surface area (Å²) >= 11 is 1.61. The Morgan fingerprint density at radius 1 is 1.35 bits per heavy atom. The number of hydrogen-bond donors (Lipinski definition) is 2. The van der Waals surface area contributed by atoms with Crippen LogP contribution in [-0.4, -0.2) is 37.0 Å². The van der Waals surface area contributed by atoms with Gasteiger partial charge in [0, 0.05) is 18.4 Å². The Morgan fingerprint density at radius 2 is 2.00 bits per heavy atom. The molecular weight excluding hydrogens is 278 g/mol. The van der Waals surface area contributed by atoms with Gasteiger partial charge < -0.3 is 15.2 Å². The zero-order valence-corrected chi connectivity index (χ0v) is 12.4. The summed E-state index contributed by atoms with van der Waals surface area (Å²) in [5.74, 6) is -1.16. The Labute approximate surface area is 122 Å². The van der Waals surface area contributed by atoms with Crippen molar-refractivity contribution >= 4 is 23.6 Å². The molecular formula is C14H19NO4S. The van der Waals surface area contributed by atoms with Gasteiger partial charge in [-0.25, -0.2) is 0 Å². The third kappa shape index (κ3) is 5.63. The van der Waals surface area contributed by atoms with Crippen molar-refractivity contribution < 1.29 is 19.4 Å². The lowest BCUT2D eigenvalue weighted by atomic mass is 10.0. The van der Waals surface area contributed by atoms with E-state index in [0.717, 1.165) is 10.5 Å². The van der Waals surface area contributed by atoms with Crippen LogP contribution in [0.25, 0.3) is 0 Å². The lowest BCUT2D eigenvalue weighted by Crippen LogP contribution is -2.30. The Kier molecular flexibility index (Phi) is 7.11. The molecule has 0 aliphatic heterocycles. The first kappa shape index (κ1) is 16.5. The first-order chi connectivity index (χ1) is 9.56. The molecule has 0 fully saturated rings. The highest BCUT2D eigenvalue weighted by Crippen LogP contribution is 2.21. The van der Waals surface area contributed by atoms with Crippen molar-refractivity contribution in [1.29, 1.82) is 0 Å². The average molecular weight is 297 g/mol. The average Bonchev–Trinajstić information content (AvgIpc) is 2.44. The third-order valence-electron chi connectivity index (χ3n) is 2.77. The fourth-order valence-corrected chi connectivity index (χ4v) is 2.13. The second kappa shape index (κ2) is 8.60. The van der Waals surface area contributed by atoms with Crippen LogP contribution in [0, 0.1) is 0 Å². The number of nitrogens with one attached hydrogen (secondary N) is 1. The minimum atomic E-state index is -0.948. The van der Waals surface area contributed by atoms with Crippen molar-refractivity contribution in [3.05, 3.63) is 29.8 Å². The van der Waals surface area contributed by atoms with E-state index < -0.39 is 12.0 Å². The van der Waals surface area contributed by atoms with E-state index in [-0.39, 0.29) is 18.7 Å². The number of ether oxygens (including phenoxy) is 1. The van der Waals surface area contributed by atoms with Gasteiger partial charge in [0.15, 0.2) is 0 Å². The molecule has 1 rings (SSSR count). The number of carboxylic acid groups (broad SMARTS) is 1. The van der Waals surface area contributed by atoms with Crippen molar-refractivity contribution in [2.24, 2.45) is 0 Å². The molecule has 1 aromatic carbocycles. The molecule has 0 aliphatic carbocycles. The standard InChI is InChI=1S/C14H19NO4S/c1-19-8-7-13(16)15-12(9-14(17)18)10-3-5-11(20-2)6-4-10/h3-6,12H,7-9H2,1-2H3,(H,15,16)(H,17,18). The molecule has 0 radical (unpaired) electrons. The molecule has 1 amide bonds. The molecule has 1 unspecified atom stereocenters. The highest BCUT2D eigenvalue weighted by molar-refractivity contribution is 7.98. The predicted molar refractivity (Wildman–Crippen MR) is 77.9 cm³/mol. The lowest BCUT2D eigenvalue weighted by Gasteiger charge is -2.17. The van der Waals surface area contributed by atoms with Crippen LogP contribution in [0.15, 0.2) is 29.2 Å². The Hall–Kier alpha value is -1.53. The van der Waals surface area contributed by atoms with Gasteiger partial charge >= 0.3 is 5.97 Å². The number of amides is 1. The normalized spacial score (nSPS) is 11.9. The summed E-state index contributed by atoms with van der Waals surface area (Å²) in [6, 6.07) is 6.99. The molecule has 0 saturated heterocycles. The van der Waals surface area contributed by atoms with Crippen LogP contribution in [0.4, 0.5) is 0 Å². The molecule has 6 heteroatoms. The van der Waals surface area contributed by atoms with Crippen LogP contribution in [0.1, 0.15) is 24.4 Å². The van der Waals surface area contributed by atoms with Gasteiger partial charge in [-0.3, -0.25) is 9.59 Å². The molecule has 5 nitrogen and oxygen atoms in total. The van der Waals surface area contributed by atoms with Crippen molar-refractivity contribution in [3.8, 4) is 0 Å². The molecule has 2 N–H and O–H groups in total. The second-order valence-electron chi connectivity index (χ2n) is 4.23. The number of aliphatic carboxylic acids is 1. The maximum atomic E-state index is 11.7. The molecule has 0 aromatic heterocycles. The van der Waals surface area contributed by atoms with Crippen LogP contribution in [0.3, 0.4) is 0 Å². The van der Waals surface area contributed by atoms with Crippen LogP contribution in [0.5, 0.6) is 0 Å². The van der Waals surface area contributed by atoms with Crippen LogP contribution >= 0.6 is 11.8 Å². The third-order valence-corrected chi connectivity index (χ3v) is 3.51. The van der Waals surface area contributed by atoms with E-state index in [2.05, 4.69) is 5.32 Å². The van der Waals surface area contributed by atoms with Crippen molar-refractivity contribution in [1.82, 2.24) is 5.32 Å². The van der Waals surface area contributed by atoms with E-state index >= 15 is 0 Å². The largest absolute Gasteiger partial charge is 0.481 e. The minimum Gasteiger partial charge on any atom is -0.481 e. The molecule has 0 aliphatic rings. The lowest BCUT2D eigenvalue weighted by molar-refractivity contribution is -0.137. The van der Waals surface area contributed by atoms with E-state index in [9.17, 15) is 9.59 Å². The van der Waals surface area contributed by atoms with Gasteiger partial charge in [0.05, 0.1) is 19.1 Å². The summed E-state index contributed by atoms with van der Waals surface area (Å²) < 4.78 is 4.83. The number of benzene rings is 1. The fourth-order valence-electron chi connectivity index (χ4n) is 1.72. The van der Waals surface area contributed by atoms with Crippen LogP contribution in [-0.2, 0) is 14.3 Å². The van der Waals surface area contributed by atoms with Crippen LogP contribution < -0.4 is 5.32 Å². The number of thioether (sulfide) groups is 1. The molecule has 20 heavy (non-hydrogen) atoms. The summed E-state index contributed by atoms with van der Waals surface area (Å²) in [4.78, 5) is 23.7. The maximum Gasteiger partial charge on any atom is 0.305 e. The zero-order chi connectivity index (χ0) is 15.0. The maximum absolute atomic E-state index is 11.7. The smallest absolute Gasteiger partial charge is 0.305 e. The second-order valence-corrected chi connectivity index (χ2v) is 5.11. The summed E-state index contributed by atoms with van der Waals surface area (Å²) in [6.45, 7) is 0.317. The molecule has 1 atom stereocenters. The first-order valence-corrected chi connectivity index (χ1v) is 7.43. The van der Waals surface area contributed by atoms with Gasteiger partial charge in [-0.2, -0.15) is 0 Å². The Morgan fingerprint density at radius 3 is 2.50 bits per heavy atom. The molecule has 0 heterocycles. The molecule has 0 bridgehead atoms. The van der Waals surface area contributed by atoms with Gasteiger partial charge in [-0.15, -0.1) is 11.8 Å². The number of rotatable bonds is 8. The molecule has 0 saturated carbocycles. The van der Waals surface area contributed by atoms with E-state index in [1.165, 1.54) is 7.11 Å². The van der Waals surface area contributed by atoms with Crippen molar-refractivity contribution in [2.75, 3.05) is 20.0 Å². The molecule has 1 aromatic rings. The summed E-state index contributed by atoms with van der Waals surface area (Å²) in [6.07, 6.45) is 2.04. The topological polar surface area (TPSA) is 75.6 Å². The van der Waals surface area contributed by atoms with Crippen molar-refractivity contribution in [2.45, 2.75) is 23.8 Å². The van der Waals surface area contributed by atoms with Gasteiger partial charge in [-0.1, -0.05) is 12.1 Å². The Bertz CT molecular complexity index is 447. The number of carboxylic acids is 1. The quantitative estimate of drug-likeness (QED) is 0.719. The van der Waals surface area contributed by atoms with Gasteiger partial charge in [0.25, 0.3) is 0 Å². The van der Waals surface area contributed by atoms with Crippen molar-refractivity contribution in [3.63, 3.8) is 0 Å². The van der Waals surface area contributed by atoms with Gasteiger partial charge in [0.2, 0.25) is 5.91 Å². The summed E-state index contributed by atoms with van der Waals surface area (Å²) in [7, 11) is 1.52. The number of carbonyl (C=O) groups is 2. The fraction of sp³-hybridized carbons (Fsp3) is 0.429. The summed E-state index contributed by atoms with van der Waals surface area (Å²) in [5.41, 5.74) is 0.788. The molecule has 0 spiro atoms. The van der Waals surface area contributed by atoms with E-state index in [1.54, 1.807) is 11.8 Å².